The first kappa shape index (κ1) is 15.9. The summed E-state index contributed by atoms with van der Waals surface area (Å²) in [4.78, 5) is 24.0. The Labute approximate surface area is 103 Å². The van der Waals surface area contributed by atoms with Gasteiger partial charge in [0, 0.05) is 20.5 Å². The van der Waals surface area contributed by atoms with Crippen molar-refractivity contribution in [2.24, 2.45) is 0 Å². The number of aliphatic carboxylic acids is 1. The number of amides is 1. The number of hydrogen-bond acceptors (Lipinski definition) is 3. The molecule has 1 amide bonds. The largest absolute Gasteiger partial charge is 0.480 e. The molecule has 0 aliphatic carbocycles. The molecule has 0 saturated carbocycles. The van der Waals surface area contributed by atoms with E-state index in [0.29, 0.717) is 25.8 Å². The van der Waals surface area contributed by atoms with Gasteiger partial charge in [-0.2, -0.15) is 0 Å². The highest BCUT2D eigenvalue weighted by atomic mass is 16.4. The Kier molecular flexibility index (Phi) is 6.80. The van der Waals surface area contributed by atoms with Crippen molar-refractivity contribution in [3.8, 4) is 0 Å². The Bertz CT molecular complexity index is 266. The minimum Gasteiger partial charge on any atom is -0.480 e. The molecule has 0 saturated heterocycles. The summed E-state index contributed by atoms with van der Waals surface area (Å²) < 4.78 is 0. The van der Waals surface area contributed by atoms with Crippen molar-refractivity contribution in [1.29, 1.82) is 0 Å². The van der Waals surface area contributed by atoms with Crippen LogP contribution in [0.3, 0.4) is 0 Å². The summed E-state index contributed by atoms with van der Waals surface area (Å²) in [5.74, 6) is -0.766. The van der Waals surface area contributed by atoms with E-state index in [2.05, 4.69) is 5.32 Å². The zero-order valence-corrected chi connectivity index (χ0v) is 11.2. The van der Waals surface area contributed by atoms with Crippen LogP contribution in [-0.4, -0.2) is 48.1 Å². The summed E-state index contributed by atoms with van der Waals surface area (Å²) in [5, 5.41) is 12.1. The molecule has 0 aliphatic heterocycles. The molecule has 0 heterocycles. The van der Waals surface area contributed by atoms with Crippen molar-refractivity contribution in [3.05, 3.63) is 0 Å². The first-order valence-corrected chi connectivity index (χ1v) is 6.02. The third-order valence-corrected chi connectivity index (χ3v) is 2.80. The van der Waals surface area contributed by atoms with Gasteiger partial charge in [-0.15, -0.1) is 0 Å². The second-order valence-corrected chi connectivity index (χ2v) is 4.71. The van der Waals surface area contributed by atoms with E-state index in [1.807, 2.05) is 6.92 Å². The van der Waals surface area contributed by atoms with Gasteiger partial charge in [-0.3, -0.25) is 9.59 Å². The summed E-state index contributed by atoms with van der Waals surface area (Å²) >= 11 is 0. The topological polar surface area (TPSA) is 69.6 Å². The van der Waals surface area contributed by atoms with Crippen molar-refractivity contribution in [3.63, 3.8) is 0 Å². The van der Waals surface area contributed by atoms with E-state index in [1.165, 1.54) is 0 Å². The van der Waals surface area contributed by atoms with E-state index < -0.39 is 11.5 Å². The summed E-state index contributed by atoms with van der Waals surface area (Å²) in [5.41, 5.74) is -0.879. The maximum atomic E-state index is 11.3. The maximum Gasteiger partial charge on any atom is 0.323 e. The highest BCUT2D eigenvalue weighted by molar-refractivity contribution is 5.78. The molecule has 0 aromatic rings. The second kappa shape index (κ2) is 7.27. The van der Waals surface area contributed by atoms with Crippen LogP contribution in [0.2, 0.25) is 0 Å². The zero-order chi connectivity index (χ0) is 13.5. The molecule has 0 bridgehead atoms. The lowest BCUT2D eigenvalue weighted by Crippen LogP contribution is -2.49. The first-order valence-electron chi connectivity index (χ1n) is 6.02. The molecule has 0 aromatic heterocycles. The quantitative estimate of drug-likeness (QED) is 0.627. The van der Waals surface area contributed by atoms with Crippen LogP contribution in [0.5, 0.6) is 0 Å². The average molecular weight is 244 g/mol. The van der Waals surface area contributed by atoms with Gasteiger partial charge in [0.1, 0.15) is 5.54 Å². The maximum absolute atomic E-state index is 11.3. The average Bonchev–Trinajstić information content (AvgIpc) is 2.24. The highest BCUT2D eigenvalue weighted by Crippen LogP contribution is 2.12. The molecule has 5 heteroatoms. The first-order chi connectivity index (χ1) is 7.83. The Hall–Kier alpha value is -1.10. The van der Waals surface area contributed by atoms with Crippen LogP contribution in [0.1, 0.15) is 39.5 Å². The van der Waals surface area contributed by atoms with E-state index >= 15 is 0 Å². The molecular formula is C12H24N2O3. The van der Waals surface area contributed by atoms with E-state index in [9.17, 15) is 9.59 Å². The number of carboxylic acids is 1. The molecule has 5 nitrogen and oxygen atoms in total. The van der Waals surface area contributed by atoms with Crippen molar-refractivity contribution in [1.82, 2.24) is 10.2 Å². The Morgan fingerprint density at radius 2 is 1.94 bits per heavy atom. The molecule has 0 aromatic carbocycles. The van der Waals surface area contributed by atoms with Crippen LogP contribution in [-0.2, 0) is 9.59 Å². The predicted molar refractivity (Wildman–Crippen MR) is 66.9 cm³/mol. The SMILES string of the molecule is CCCC(C)(NCCCC(=O)N(C)C)C(=O)O. The smallest absolute Gasteiger partial charge is 0.323 e. The monoisotopic (exact) mass is 244 g/mol. The number of carbonyl (C=O) groups is 2. The van der Waals surface area contributed by atoms with Gasteiger partial charge in [0.15, 0.2) is 0 Å². The van der Waals surface area contributed by atoms with Gasteiger partial charge >= 0.3 is 5.97 Å². The summed E-state index contributed by atoms with van der Waals surface area (Å²) in [7, 11) is 3.43. The minimum absolute atomic E-state index is 0.0688. The van der Waals surface area contributed by atoms with Crippen molar-refractivity contribution in [2.75, 3.05) is 20.6 Å². The molecule has 2 N–H and O–H groups in total. The lowest BCUT2D eigenvalue weighted by Gasteiger charge is -2.25. The number of carbonyl (C=O) groups excluding carboxylic acids is 1. The van der Waals surface area contributed by atoms with E-state index in [4.69, 9.17) is 5.11 Å². The van der Waals surface area contributed by atoms with Crippen LogP contribution < -0.4 is 5.32 Å². The Morgan fingerprint density at radius 1 is 1.35 bits per heavy atom. The molecule has 17 heavy (non-hydrogen) atoms. The molecular weight excluding hydrogens is 220 g/mol. The van der Waals surface area contributed by atoms with Gasteiger partial charge < -0.3 is 15.3 Å². The number of rotatable bonds is 8. The van der Waals surface area contributed by atoms with Crippen molar-refractivity contribution in [2.45, 2.75) is 45.1 Å². The van der Waals surface area contributed by atoms with Crippen LogP contribution >= 0.6 is 0 Å². The van der Waals surface area contributed by atoms with Crippen LogP contribution in [0.4, 0.5) is 0 Å². The molecule has 0 fully saturated rings. The molecule has 0 aliphatic rings. The van der Waals surface area contributed by atoms with Crippen molar-refractivity contribution >= 4 is 11.9 Å². The van der Waals surface area contributed by atoms with Crippen molar-refractivity contribution < 1.29 is 14.7 Å². The molecule has 0 spiro atoms. The fourth-order valence-corrected chi connectivity index (χ4v) is 1.60. The normalized spacial score (nSPS) is 14.1. The molecule has 1 atom stereocenters. The predicted octanol–water partition coefficient (Wildman–Crippen LogP) is 1.09. The Balaban J connectivity index is 4.00. The van der Waals surface area contributed by atoms with Gasteiger partial charge in [0.05, 0.1) is 0 Å². The van der Waals surface area contributed by atoms with E-state index in [-0.39, 0.29) is 5.91 Å². The van der Waals surface area contributed by atoms with E-state index in [1.54, 1.807) is 25.9 Å². The molecule has 100 valence electrons. The van der Waals surface area contributed by atoms with E-state index in [0.717, 1.165) is 6.42 Å². The number of nitrogens with one attached hydrogen (secondary N) is 1. The fourth-order valence-electron chi connectivity index (χ4n) is 1.60. The molecule has 0 radical (unpaired) electrons. The summed E-state index contributed by atoms with van der Waals surface area (Å²) in [6, 6.07) is 0. The molecule has 0 rings (SSSR count). The van der Waals surface area contributed by atoms with Gasteiger partial charge in [-0.1, -0.05) is 13.3 Å². The molecule has 1 unspecified atom stereocenters. The number of carboxylic acid groups (broad SMARTS) is 1. The van der Waals surface area contributed by atoms with Gasteiger partial charge in [-0.05, 0) is 26.3 Å². The van der Waals surface area contributed by atoms with Crippen LogP contribution in [0.15, 0.2) is 0 Å². The Morgan fingerprint density at radius 3 is 2.35 bits per heavy atom. The number of nitrogens with zero attached hydrogens (tertiary/aromatic N) is 1. The summed E-state index contributed by atoms with van der Waals surface area (Å²) in [6.45, 7) is 4.19. The standard InChI is InChI=1S/C12H24N2O3/c1-5-8-12(2,11(16)17)13-9-6-7-10(15)14(3)4/h13H,5-9H2,1-4H3,(H,16,17). The highest BCUT2D eigenvalue weighted by Gasteiger charge is 2.30. The van der Waals surface area contributed by atoms with Crippen LogP contribution in [0, 0.1) is 0 Å². The van der Waals surface area contributed by atoms with Gasteiger partial charge in [-0.25, -0.2) is 0 Å². The summed E-state index contributed by atoms with van der Waals surface area (Å²) in [6.07, 6.45) is 2.50. The third-order valence-electron chi connectivity index (χ3n) is 2.80. The lowest BCUT2D eigenvalue weighted by molar-refractivity contribution is -0.144. The lowest BCUT2D eigenvalue weighted by atomic mass is 9.96. The van der Waals surface area contributed by atoms with Crippen LogP contribution in [0.25, 0.3) is 0 Å². The number of hydrogen-bond donors (Lipinski definition) is 2. The minimum atomic E-state index is -0.879. The zero-order valence-electron chi connectivity index (χ0n) is 11.2. The fraction of sp³-hybridized carbons (Fsp3) is 0.833. The second-order valence-electron chi connectivity index (χ2n) is 4.71. The third kappa shape index (κ3) is 5.68. The van der Waals surface area contributed by atoms with Gasteiger partial charge in [0.25, 0.3) is 0 Å². The van der Waals surface area contributed by atoms with Gasteiger partial charge in [0.2, 0.25) is 5.91 Å².